The van der Waals surface area contributed by atoms with Crippen LogP contribution in [0.3, 0.4) is 0 Å². The zero-order valence-corrected chi connectivity index (χ0v) is 17.2. The molecule has 0 aliphatic heterocycles. The van der Waals surface area contributed by atoms with E-state index in [1.807, 2.05) is 24.3 Å². The molecule has 0 atom stereocenters. The van der Waals surface area contributed by atoms with Gasteiger partial charge < -0.3 is 15.2 Å². The summed E-state index contributed by atoms with van der Waals surface area (Å²) in [6, 6.07) is 11.8. The summed E-state index contributed by atoms with van der Waals surface area (Å²) in [6.07, 6.45) is 1.24. The van der Waals surface area contributed by atoms with Crippen LogP contribution in [-0.4, -0.2) is 38.4 Å². The number of aromatic nitrogens is 2. The molecule has 1 amide bonds. The lowest BCUT2D eigenvalue weighted by molar-refractivity contribution is 0.0994. The fraction of sp³-hybridized carbons (Fsp3) is 0.200. The fourth-order valence-electron chi connectivity index (χ4n) is 3.61. The lowest BCUT2D eigenvalue weighted by atomic mass is 9.89. The smallest absolute Gasteiger partial charge is 0.276 e. The van der Waals surface area contributed by atoms with Crippen LogP contribution >= 0.6 is 0 Å². The average Bonchev–Trinajstić information content (AvgIpc) is 3.11. The molecule has 30 heavy (non-hydrogen) atoms. The van der Waals surface area contributed by atoms with Crippen molar-refractivity contribution in [2.45, 2.75) is 17.7 Å². The summed E-state index contributed by atoms with van der Waals surface area (Å²) in [6.45, 7) is 0. The number of primary amides is 1. The van der Waals surface area contributed by atoms with Crippen LogP contribution in [0, 0.1) is 0 Å². The minimum Gasteiger partial charge on any atom is -0.493 e. The zero-order chi connectivity index (χ0) is 21.5. The third-order valence-corrected chi connectivity index (χ3v) is 6.29. The Balaban J connectivity index is 1.82. The molecule has 2 aromatic carbocycles. The Kier molecular flexibility index (Phi) is 4.86. The molecule has 4 rings (SSSR count). The van der Waals surface area contributed by atoms with Gasteiger partial charge in [0.05, 0.1) is 24.8 Å². The molecule has 9 nitrogen and oxygen atoms in total. The second-order valence-corrected chi connectivity index (χ2v) is 8.38. The molecular formula is C20H20N4O5S. The highest BCUT2D eigenvalue weighted by atomic mass is 32.2. The number of aryl methyl sites for hydroxylation is 1. The molecule has 0 saturated carbocycles. The van der Waals surface area contributed by atoms with Crippen LogP contribution in [0.4, 0.5) is 0 Å². The van der Waals surface area contributed by atoms with E-state index in [0.717, 1.165) is 15.9 Å². The van der Waals surface area contributed by atoms with Gasteiger partial charge >= 0.3 is 0 Å². The number of amides is 1. The minimum atomic E-state index is -4.06. The second kappa shape index (κ2) is 7.38. The van der Waals surface area contributed by atoms with Gasteiger partial charge in [-0.3, -0.25) is 4.79 Å². The largest absolute Gasteiger partial charge is 0.493 e. The molecule has 10 heteroatoms. The summed E-state index contributed by atoms with van der Waals surface area (Å²) >= 11 is 0. The molecule has 1 aromatic heterocycles. The highest BCUT2D eigenvalue weighted by molar-refractivity contribution is 7.92. The number of nitrogens with zero attached hydrogens (tertiary/aromatic N) is 2. The Hall–Kier alpha value is -3.53. The number of carbonyl (C=O) groups is 1. The molecular weight excluding hydrogens is 408 g/mol. The van der Waals surface area contributed by atoms with Crippen molar-refractivity contribution in [1.29, 1.82) is 0 Å². The van der Waals surface area contributed by atoms with Crippen molar-refractivity contribution in [3.8, 4) is 22.8 Å². The normalized spacial score (nSPS) is 12.6. The Morgan fingerprint density at radius 2 is 1.83 bits per heavy atom. The maximum absolute atomic E-state index is 13.1. The predicted octanol–water partition coefficient (Wildman–Crippen LogP) is 1.70. The van der Waals surface area contributed by atoms with Crippen molar-refractivity contribution in [2.75, 3.05) is 19.1 Å². The molecule has 3 N–H and O–H groups in total. The van der Waals surface area contributed by atoms with Crippen LogP contribution in [0.25, 0.3) is 11.3 Å². The van der Waals surface area contributed by atoms with E-state index in [9.17, 15) is 13.2 Å². The van der Waals surface area contributed by atoms with Crippen LogP contribution in [0.1, 0.15) is 21.6 Å². The van der Waals surface area contributed by atoms with Crippen molar-refractivity contribution < 1.29 is 22.7 Å². The van der Waals surface area contributed by atoms with E-state index < -0.39 is 15.9 Å². The minimum absolute atomic E-state index is 0.0471. The first-order valence-corrected chi connectivity index (χ1v) is 10.6. The first-order valence-electron chi connectivity index (χ1n) is 9.10. The monoisotopic (exact) mass is 428 g/mol. The van der Waals surface area contributed by atoms with Gasteiger partial charge in [0, 0.05) is 17.2 Å². The van der Waals surface area contributed by atoms with Gasteiger partial charge in [0.15, 0.2) is 17.2 Å². The molecule has 0 radical (unpaired) electrons. The second-order valence-electron chi connectivity index (χ2n) is 6.72. The topological polar surface area (TPSA) is 126 Å². The maximum atomic E-state index is 13.1. The molecule has 0 spiro atoms. The number of fused-ring (bicyclic) bond motifs is 3. The predicted molar refractivity (Wildman–Crippen MR) is 110 cm³/mol. The Labute approximate surface area is 173 Å². The molecule has 0 bridgehead atoms. The van der Waals surface area contributed by atoms with Crippen molar-refractivity contribution in [3.05, 3.63) is 59.3 Å². The molecule has 0 saturated heterocycles. The first kappa shape index (κ1) is 19.8. The third-order valence-electron chi connectivity index (χ3n) is 5.01. The van der Waals surface area contributed by atoms with Crippen molar-refractivity contribution in [3.63, 3.8) is 0 Å². The van der Waals surface area contributed by atoms with Gasteiger partial charge in [0.25, 0.3) is 15.9 Å². The zero-order valence-electron chi connectivity index (χ0n) is 16.4. The highest BCUT2D eigenvalue weighted by Crippen LogP contribution is 2.35. The van der Waals surface area contributed by atoms with Gasteiger partial charge in [-0.05, 0) is 30.5 Å². The van der Waals surface area contributed by atoms with Gasteiger partial charge in [-0.15, -0.1) is 5.10 Å². The molecule has 0 fully saturated rings. The summed E-state index contributed by atoms with van der Waals surface area (Å²) < 4.78 is 36.5. The van der Waals surface area contributed by atoms with Crippen LogP contribution in [0.15, 0.2) is 47.4 Å². The SMILES string of the molecule is COc1ccc(S(=O)(=O)Nn2nc(C(N)=O)c3c2-c2ccccc2CC3)cc1OC. The number of carbonyl (C=O) groups excluding carboxylic acids is 1. The molecule has 3 aromatic rings. The number of sulfonamides is 1. The molecule has 1 aliphatic carbocycles. The summed E-state index contributed by atoms with van der Waals surface area (Å²) in [5.41, 5.74) is 8.51. The maximum Gasteiger partial charge on any atom is 0.276 e. The van der Waals surface area contributed by atoms with E-state index in [1.54, 1.807) is 0 Å². The molecule has 1 heterocycles. The number of methoxy groups -OCH3 is 2. The van der Waals surface area contributed by atoms with E-state index in [-0.39, 0.29) is 16.3 Å². The highest BCUT2D eigenvalue weighted by Gasteiger charge is 2.29. The number of benzene rings is 2. The number of nitrogens with two attached hydrogens (primary N) is 1. The quantitative estimate of drug-likeness (QED) is 0.615. The van der Waals surface area contributed by atoms with E-state index in [0.29, 0.717) is 29.8 Å². The molecule has 156 valence electrons. The molecule has 1 aliphatic rings. The van der Waals surface area contributed by atoms with Crippen LogP contribution in [0.5, 0.6) is 11.5 Å². The number of ether oxygens (including phenoxy) is 2. The van der Waals surface area contributed by atoms with Crippen molar-refractivity contribution >= 4 is 15.9 Å². The summed E-state index contributed by atoms with van der Waals surface area (Å²) in [5.74, 6) is -0.0430. The average molecular weight is 428 g/mol. The van der Waals surface area contributed by atoms with Gasteiger partial charge in [0.1, 0.15) is 0 Å². The Bertz CT molecular complexity index is 1250. The van der Waals surface area contributed by atoms with Crippen molar-refractivity contribution in [2.24, 2.45) is 5.73 Å². The Morgan fingerprint density at radius 3 is 2.53 bits per heavy atom. The third kappa shape index (κ3) is 3.24. The number of hydrogen-bond donors (Lipinski definition) is 2. The van der Waals surface area contributed by atoms with E-state index in [1.165, 1.54) is 32.4 Å². The summed E-state index contributed by atoms with van der Waals surface area (Å²) in [7, 11) is -1.18. The van der Waals surface area contributed by atoms with Gasteiger partial charge in [-0.2, -0.15) is 18.0 Å². The standard InChI is InChI=1S/C20H20N4O5S/c1-28-16-10-8-13(11-17(16)29-2)30(26,27)23-24-19-14-6-4-3-5-12(14)7-9-15(19)18(22-24)20(21)25/h3-6,8,10-11,23H,7,9H2,1-2H3,(H2,21,25). The lowest BCUT2D eigenvalue weighted by Crippen LogP contribution is -2.26. The first-order chi connectivity index (χ1) is 14.4. The lowest BCUT2D eigenvalue weighted by Gasteiger charge is -2.19. The van der Waals surface area contributed by atoms with E-state index >= 15 is 0 Å². The van der Waals surface area contributed by atoms with Gasteiger partial charge in [-0.25, -0.2) is 0 Å². The number of hydrogen-bond acceptors (Lipinski definition) is 6. The molecule has 0 unspecified atom stereocenters. The number of rotatable bonds is 6. The van der Waals surface area contributed by atoms with E-state index in [2.05, 4.69) is 9.93 Å². The van der Waals surface area contributed by atoms with Gasteiger partial charge in [0.2, 0.25) is 0 Å². The van der Waals surface area contributed by atoms with Crippen LogP contribution in [0.2, 0.25) is 0 Å². The summed E-state index contributed by atoms with van der Waals surface area (Å²) in [5, 5.41) is 4.17. The fourth-order valence-corrected chi connectivity index (χ4v) is 4.58. The van der Waals surface area contributed by atoms with Crippen LogP contribution < -0.4 is 20.0 Å². The number of nitrogens with one attached hydrogen (secondary N) is 1. The summed E-state index contributed by atoms with van der Waals surface area (Å²) in [4.78, 5) is 15.4. The van der Waals surface area contributed by atoms with Crippen LogP contribution in [-0.2, 0) is 22.9 Å². The van der Waals surface area contributed by atoms with Gasteiger partial charge in [-0.1, -0.05) is 24.3 Å². The van der Waals surface area contributed by atoms with E-state index in [4.69, 9.17) is 15.2 Å². The Morgan fingerprint density at radius 1 is 1.10 bits per heavy atom. The van der Waals surface area contributed by atoms with Crippen molar-refractivity contribution in [1.82, 2.24) is 9.89 Å².